The minimum absolute atomic E-state index is 0.934. The molecule has 0 aromatic heterocycles. The van der Waals surface area contributed by atoms with E-state index in [1.54, 1.807) is 57.8 Å². The van der Waals surface area contributed by atoms with Crippen molar-refractivity contribution in [2.75, 3.05) is 0 Å². The molecule has 15 atom stereocenters. The van der Waals surface area contributed by atoms with Gasteiger partial charge in [0.1, 0.15) is 0 Å². The van der Waals surface area contributed by atoms with Crippen molar-refractivity contribution in [1.82, 2.24) is 0 Å². The van der Waals surface area contributed by atoms with Crippen molar-refractivity contribution in [2.24, 2.45) is 88.3 Å². The molecule has 0 nitrogen and oxygen atoms in total. The molecule has 0 heterocycles. The second kappa shape index (κ2) is 5.73. The maximum Gasteiger partial charge on any atom is -0.0198 e. The second-order valence-electron chi connectivity index (χ2n) is 14.3. The molecule has 9 saturated carbocycles. The average Bonchev–Trinajstić information content (AvgIpc) is 3.55. The number of hydrogen-bond acceptors (Lipinski definition) is 0. The first-order valence-corrected chi connectivity index (χ1v) is 14.9. The van der Waals surface area contributed by atoms with Gasteiger partial charge in [0.25, 0.3) is 0 Å². The van der Waals surface area contributed by atoms with Gasteiger partial charge in [-0.25, -0.2) is 0 Å². The van der Waals surface area contributed by atoms with Crippen LogP contribution in [0.1, 0.15) is 96.3 Å². The van der Waals surface area contributed by atoms with E-state index in [2.05, 4.69) is 0 Å². The third-order valence-electron chi connectivity index (χ3n) is 14.1. The SMILES string of the molecule is C1CCCCCCCC23C(CCCCCC1)C2C1C2C4C5C6C7CC7C6C5C4C2C13. The molecule has 0 amide bonds. The van der Waals surface area contributed by atoms with E-state index in [0.717, 1.165) is 5.41 Å². The Bertz CT molecular complexity index is 747. The Labute approximate surface area is 184 Å². The summed E-state index contributed by atoms with van der Waals surface area (Å²) in [5.74, 6) is 17.9. The van der Waals surface area contributed by atoms with Crippen molar-refractivity contribution in [3.8, 4) is 0 Å². The Balaban J connectivity index is 0.911. The molecular weight excluding hydrogens is 360 g/mol. The summed E-state index contributed by atoms with van der Waals surface area (Å²) in [5, 5.41) is 0. The van der Waals surface area contributed by atoms with E-state index in [1.165, 1.54) is 121 Å². The highest BCUT2D eigenvalue weighted by Crippen LogP contribution is 2.99. The van der Waals surface area contributed by atoms with E-state index in [4.69, 9.17) is 0 Å². The Kier molecular flexibility index (Phi) is 3.34. The molecule has 0 N–H and O–H groups in total. The molecule has 0 bridgehead atoms. The lowest BCUT2D eigenvalue weighted by atomic mass is 9.16. The first kappa shape index (κ1) is 17.5. The average molecular weight is 405 g/mol. The fourth-order valence-electron chi connectivity index (χ4n) is 13.4. The highest BCUT2D eigenvalue weighted by atomic mass is 15.0. The van der Waals surface area contributed by atoms with Crippen molar-refractivity contribution in [2.45, 2.75) is 96.3 Å². The van der Waals surface area contributed by atoms with Gasteiger partial charge in [0.15, 0.2) is 0 Å². The summed E-state index contributed by atoms with van der Waals surface area (Å²) < 4.78 is 0. The summed E-state index contributed by atoms with van der Waals surface area (Å²) in [4.78, 5) is 0. The van der Waals surface area contributed by atoms with Gasteiger partial charge in [-0.15, -0.1) is 0 Å². The van der Waals surface area contributed by atoms with E-state index >= 15 is 0 Å². The molecule has 9 aliphatic rings. The van der Waals surface area contributed by atoms with Crippen LogP contribution in [0.15, 0.2) is 0 Å². The lowest BCUT2D eigenvalue weighted by Gasteiger charge is -2.89. The van der Waals surface area contributed by atoms with Crippen LogP contribution in [0.3, 0.4) is 0 Å². The molecule has 9 rings (SSSR count). The summed E-state index contributed by atoms with van der Waals surface area (Å²) in [6.07, 6.45) is 23.6. The monoisotopic (exact) mass is 404 g/mol. The molecule has 9 aliphatic carbocycles. The fourth-order valence-corrected chi connectivity index (χ4v) is 13.4. The maximum absolute atomic E-state index is 1.68. The molecule has 15 unspecified atom stereocenters. The van der Waals surface area contributed by atoms with Crippen LogP contribution in [0.4, 0.5) is 0 Å². The van der Waals surface area contributed by atoms with Gasteiger partial charge in [0, 0.05) is 0 Å². The molecule has 0 saturated heterocycles. The minimum Gasteiger partial charge on any atom is -0.0533 e. The van der Waals surface area contributed by atoms with Crippen LogP contribution in [-0.2, 0) is 0 Å². The summed E-state index contributed by atoms with van der Waals surface area (Å²) in [6, 6.07) is 0. The lowest BCUT2D eigenvalue weighted by molar-refractivity contribution is -0.422. The van der Waals surface area contributed by atoms with Crippen molar-refractivity contribution >= 4 is 0 Å². The normalized spacial score (nSPS) is 68.8. The number of fused-ring (bicyclic) bond motifs is 18. The van der Waals surface area contributed by atoms with Crippen molar-refractivity contribution in [3.05, 3.63) is 0 Å². The lowest BCUT2D eigenvalue weighted by Crippen LogP contribution is -2.85. The van der Waals surface area contributed by atoms with Gasteiger partial charge >= 0.3 is 0 Å². The highest BCUT2D eigenvalue weighted by Gasteiger charge is 2.95. The number of hydrogen-bond donors (Lipinski definition) is 0. The van der Waals surface area contributed by atoms with Gasteiger partial charge in [-0.3, -0.25) is 0 Å². The standard InChI is InChI=1S/C30H44/c1-2-4-6-8-10-12-14-30-18(13-11-9-7-5-3-1)28(30)27-25-23-21-19-16-15-17(16)20(19)22(21)24(23)26(25)29(27)30/h16-29H,1-15H2. The van der Waals surface area contributed by atoms with Gasteiger partial charge in [0.05, 0.1) is 0 Å². The van der Waals surface area contributed by atoms with Gasteiger partial charge in [-0.05, 0) is 108 Å². The van der Waals surface area contributed by atoms with Crippen LogP contribution < -0.4 is 0 Å². The Morgan fingerprint density at radius 2 is 0.900 bits per heavy atom. The van der Waals surface area contributed by atoms with E-state index in [0.29, 0.717) is 0 Å². The topological polar surface area (TPSA) is 0 Å². The van der Waals surface area contributed by atoms with Crippen LogP contribution in [0.25, 0.3) is 0 Å². The zero-order valence-electron chi connectivity index (χ0n) is 19.2. The zero-order chi connectivity index (χ0) is 19.2. The molecule has 164 valence electrons. The summed E-state index contributed by atoms with van der Waals surface area (Å²) >= 11 is 0. The predicted molar refractivity (Wildman–Crippen MR) is 121 cm³/mol. The molecule has 30 heavy (non-hydrogen) atoms. The van der Waals surface area contributed by atoms with Gasteiger partial charge < -0.3 is 0 Å². The van der Waals surface area contributed by atoms with Crippen LogP contribution in [0, 0.1) is 88.3 Å². The predicted octanol–water partition coefficient (Wildman–Crippen LogP) is 7.57. The Morgan fingerprint density at radius 1 is 0.400 bits per heavy atom. The third-order valence-corrected chi connectivity index (χ3v) is 14.1. The second-order valence-corrected chi connectivity index (χ2v) is 14.3. The largest absolute Gasteiger partial charge is 0.0533 e. The summed E-state index contributed by atoms with van der Waals surface area (Å²) in [7, 11) is 0. The van der Waals surface area contributed by atoms with E-state index in [1.807, 2.05) is 0 Å². The van der Waals surface area contributed by atoms with Crippen molar-refractivity contribution in [3.63, 3.8) is 0 Å². The molecule has 0 radical (unpaired) electrons. The van der Waals surface area contributed by atoms with Crippen molar-refractivity contribution < 1.29 is 0 Å². The molecule has 9 fully saturated rings. The Hall–Kier alpha value is 0. The van der Waals surface area contributed by atoms with Crippen LogP contribution in [0.2, 0.25) is 0 Å². The zero-order valence-corrected chi connectivity index (χ0v) is 19.2. The molecule has 0 aromatic carbocycles. The molecular formula is C30H44. The maximum atomic E-state index is 1.68. The van der Waals surface area contributed by atoms with Crippen LogP contribution in [-0.4, -0.2) is 0 Å². The molecule has 0 heteroatoms. The quantitative estimate of drug-likeness (QED) is 0.365. The van der Waals surface area contributed by atoms with Crippen LogP contribution >= 0.6 is 0 Å². The third kappa shape index (κ3) is 1.75. The van der Waals surface area contributed by atoms with E-state index < -0.39 is 0 Å². The van der Waals surface area contributed by atoms with Crippen molar-refractivity contribution in [1.29, 1.82) is 0 Å². The van der Waals surface area contributed by atoms with Gasteiger partial charge in [0.2, 0.25) is 0 Å². The summed E-state index contributed by atoms with van der Waals surface area (Å²) in [5.41, 5.74) is 0.934. The van der Waals surface area contributed by atoms with Gasteiger partial charge in [-0.2, -0.15) is 0 Å². The summed E-state index contributed by atoms with van der Waals surface area (Å²) in [6.45, 7) is 0. The van der Waals surface area contributed by atoms with E-state index in [-0.39, 0.29) is 0 Å². The van der Waals surface area contributed by atoms with Crippen LogP contribution in [0.5, 0.6) is 0 Å². The van der Waals surface area contributed by atoms with E-state index in [9.17, 15) is 0 Å². The highest BCUT2D eigenvalue weighted by molar-refractivity contribution is 5.42. The molecule has 1 spiro atoms. The molecule has 0 aliphatic heterocycles. The first-order valence-electron chi connectivity index (χ1n) is 14.9. The van der Waals surface area contributed by atoms with Gasteiger partial charge in [-0.1, -0.05) is 77.0 Å². The fraction of sp³-hybridized carbons (Fsp3) is 1.00. The number of rotatable bonds is 0. The minimum atomic E-state index is 0.934. The smallest absolute Gasteiger partial charge is 0.0198 e. The Morgan fingerprint density at radius 3 is 1.57 bits per heavy atom. The molecule has 0 aromatic rings. The first-order chi connectivity index (χ1) is 14.9.